The van der Waals surface area contributed by atoms with Crippen LogP contribution < -0.4 is 4.72 Å². The number of nitrogens with one attached hydrogen (secondary N) is 1. The summed E-state index contributed by atoms with van der Waals surface area (Å²) in [6.07, 6.45) is 0.639. The zero-order valence-electron chi connectivity index (χ0n) is 10.6. The molecule has 0 amide bonds. The maximum Gasteiger partial charge on any atom is 0.250 e. The molecule has 108 valence electrons. The number of rotatable bonds is 5. The zero-order valence-corrected chi connectivity index (χ0v) is 13.8. The van der Waals surface area contributed by atoms with E-state index < -0.39 is 10.0 Å². The van der Waals surface area contributed by atoms with Crippen molar-refractivity contribution in [1.82, 2.24) is 4.72 Å². The lowest BCUT2D eigenvalue weighted by Crippen LogP contribution is -2.27. The average molecular weight is 350 g/mol. The van der Waals surface area contributed by atoms with Crippen molar-refractivity contribution in [2.75, 3.05) is 0 Å². The second-order valence-corrected chi connectivity index (χ2v) is 8.28. The minimum absolute atomic E-state index is 0.218. The summed E-state index contributed by atoms with van der Waals surface area (Å²) < 4.78 is 27.9. The van der Waals surface area contributed by atoms with Crippen molar-refractivity contribution in [2.45, 2.75) is 23.6 Å². The van der Waals surface area contributed by atoms with E-state index in [4.69, 9.17) is 23.2 Å². The molecule has 0 radical (unpaired) electrons. The predicted molar refractivity (Wildman–Crippen MR) is 84.1 cm³/mol. The molecule has 2 rings (SSSR count). The highest BCUT2D eigenvalue weighted by Crippen LogP contribution is 2.28. The zero-order chi connectivity index (χ0) is 14.8. The fraction of sp³-hybridized carbons (Fsp3) is 0.231. The number of sulfonamides is 1. The van der Waals surface area contributed by atoms with Crippen molar-refractivity contribution in [3.05, 3.63) is 51.3 Å². The molecule has 0 aliphatic carbocycles. The highest BCUT2D eigenvalue weighted by Gasteiger charge is 2.21. The topological polar surface area (TPSA) is 46.2 Å². The quantitative estimate of drug-likeness (QED) is 0.864. The third-order valence-electron chi connectivity index (χ3n) is 2.79. The van der Waals surface area contributed by atoms with E-state index in [0.29, 0.717) is 15.8 Å². The summed E-state index contributed by atoms with van der Waals surface area (Å²) in [6.45, 7) is 1.92. The molecular formula is C13H13Cl2NO2S2. The van der Waals surface area contributed by atoms with Crippen LogP contribution in [0, 0.1) is 0 Å². The van der Waals surface area contributed by atoms with E-state index in [2.05, 4.69) is 4.72 Å². The lowest BCUT2D eigenvalue weighted by Gasteiger charge is -2.17. The Morgan fingerprint density at radius 2 is 1.80 bits per heavy atom. The van der Waals surface area contributed by atoms with E-state index >= 15 is 0 Å². The fourth-order valence-corrected chi connectivity index (χ4v) is 4.70. The van der Waals surface area contributed by atoms with Crippen LogP contribution in [0.15, 0.2) is 40.6 Å². The number of hydrogen-bond acceptors (Lipinski definition) is 3. The molecule has 0 bridgehead atoms. The number of halogens is 2. The lowest BCUT2D eigenvalue weighted by molar-refractivity contribution is 0.552. The first-order valence-corrected chi connectivity index (χ1v) is 9.01. The molecule has 0 spiro atoms. The monoisotopic (exact) mass is 349 g/mol. The van der Waals surface area contributed by atoms with Crippen molar-refractivity contribution in [1.29, 1.82) is 0 Å². The van der Waals surface area contributed by atoms with Crippen molar-refractivity contribution in [2.24, 2.45) is 0 Å². The molecule has 3 nitrogen and oxygen atoms in total. The smallest absolute Gasteiger partial charge is 0.206 e. The van der Waals surface area contributed by atoms with Crippen LogP contribution in [0.1, 0.15) is 24.9 Å². The molecule has 0 aliphatic heterocycles. The van der Waals surface area contributed by atoms with Crippen LogP contribution in [0.4, 0.5) is 0 Å². The molecule has 1 atom stereocenters. The van der Waals surface area contributed by atoms with Gasteiger partial charge in [0.1, 0.15) is 4.21 Å². The van der Waals surface area contributed by atoms with Gasteiger partial charge in [0.2, 0.25) is 0 Å². The predicted octanol–water partition coefficient (Wildman–Crippen LogP) is 4.48. The fourth-order valence-electron chi connectivity index (χ4n) is 1.77. The van der Waals surface area contributed by atoms with Gasteiger partial charge in [0, 0.05) is 11.1 Å². The third-order valence-corrected chi connectivity index (χ3v) is 6.24. The summed E-state index contributed by atoms with van der Waals surface area (Å²) in [7, 11) is -3.56. The largest absolute Gasteiger partial charge is 0.250 e. The van der Waals surface area contributed by atoms with E-state index in [0.717, 1.165) is 16.9 Å². The van der Waals surface area contributed by atoms with Gasteiger partial charge in [0.25, 0.3) is 10.0 Å². The first kappa shape index (κ1) is 15.8. The minimum Gasteiger partial charge on any atom is -0.206 e. The van der Waals surface area contributed by atoms with Gasteiger partial charge < -0.3 is 0 Å². The molecule has 1 heterocycles. The van der Waals surface area contributed by atoms with E-state index in [1.807, 2.05) is 19.1 Å². The molecule has 0 aliphatic rings. The van der Waals surface area contributed by atoms with Crippen LogP contribution >= 0.6 is 34.5 Å². The molecule has 2 aromatic rings. The lowest BCUT2D eigenvalue weighted by atomic mass is 10.1. The van der Waals surface area contributed by atoms with E-state index in [1.165, 1.54) is 6.07 Å². The summed E-state index contributed by atoms with van der Waals surface area (Å²) >= 11 is 12.7. The number of hydrogen-bond donors (Lipinski definition) is 1. The minimum atomic E-state index is -3.56. The normalized spacial score (nSPS) is 13.3. The summed E-state index contributed by atoms with van der Waals surface area (Å²) in [5, 5.41) is 0.622. The van der Waals surface area contributed by atoms with Crippen LogP contribution in [-0.4, -0.2) is 8.42 Å². The summed E-state index contributed by atoms with van der Waals surface area (Å²) in [6, 6.07) is 9.92. The average Bonchev–Trinajstić information content (AvgIpc) is 2.85. The molecule has 0 fully saturated rings. The highest BCUT2D eigenvalue weighted by molar-refractivity contribution is 7.91. The molecule has 1 aromatic carbocycles. The van der Waals surface area contributed by atoms with Crippen LogP contribution in [0.3, 0.4) is 0 Å². The van der Waals surface area contributed by atoms with Crippen molar-refractivity contribution in [3.8, 4) is 0 Å². The Hall–Kier alpha value is -0.590. The SMILES string of the molecule is CC[C@H](NS(=O)(=O)c1ccc(Cl)s1)c1ccc(Cl)cc1. The van der Waals surface area contributed by atoms with Gasteiger partial charge in [-0.2, -0.15) is 0 Å². The van der Waals surface area contributed by atoms with E-state index in [1.54, 1.807) is 18.2 Å². The van der Waals surface area contributed by atoms with E-state index in [-0.39, 0.29) is 10.3 Å². The summed E-state index contributed by atoms with van der Waals surface area (Å²) in [4.78, 5) is 0. The Morgan fingerprint density at radius 1 is 1.15 bits per heavy atom. The summed E-state index contributed by atoms with van der Waals surface area (Å²) in [5.41, 5.74) is 0.878. The number of benzene rings is 1. The Labute approximate surface area is 132 Å². The first-order chi connectivity index (χ1) is 9.42. The molecule has 0 unspecified atom stereocenters. The molecule has 7 heteroatoms. The van der Waals surface area contributed by atoms with Gasteiger partial charge in [-0.15, -0.1) is 11.3 Å². The van der Waals surface area contributed by atoms with Gasteiger partial charge in [-0.3, -0.25) is 0 Å². The maximum absolute atomic E-state index is 12.3. The Kier molecular flexibility index (Phi) is 5.09. The van der Waals surface area contributed by atoms with Gasteiger partial charge in [-0.05, 0) is 36.2 Å². The van der Waals surface area contributed by atoms with Crippen molar-refractivity contribution >= 4 is 44.6 Å². The Balaban J connectivity index is 2.24. The van der Waals surface area contributed by atoms with Gasteiger partial charge in [-0.1, -0.05) is 42.3 Å². The molecule has 0 saturated heterocycles. The third kappa shape index (κ3) is 3.74. The maximum atomic E-state index is 12.3. The van der Waals surface area contributed by atoms with Crippen molar-refractivity contribution in [3.63, 3.8) is 0 Å². The molecule has 0 saturated carbocycles. The first-order valence-electron chi connectivity index (χ1n) is 5.95. The van der Waals surface area contributed by atoms with Crippen LogP contribution in [0.25, 0.3) is 0 Å². The Bertz CT molecular complexity index is 681. The second-order valence-electron chi connectivity index (χ2n) is 4.19. The number of thiophene rings is 1. The van der Waals surface area contributed by atoms with Crippen LogP contribution in [0.5, 0.6) is 0 Å². The van der Waals surface area contributed by atoms with Gasteiger partial charge in [0.15, 0.2) is 0 Å². The van der Waals surface area contributed by atoms with Gasteiger partial charge >= 0.3 is 0 Å². The van der Waals surface area contributed by atoms with Gasteiger partial charge in [0.05, 0.1) is 4.34 Å². The van der Waals surface area contributed by atoms with Crippen LogP contribution in [-0.2, 0) is 10.0 Å². The molecular weight excluding hydrogens is 337 g/mol. The van der Waals surface area contributed by atoms with Gasteiger partial charge in [-0.25, -0.2) is 13.1 Å². The van der Waals surface area contributed by atoms with E-state index in [9.17, 15) is 8.42 Å². The molecule has 20 heavy (non-hydrogen) atoms. The Morgan fingerprint density at radius 3 is 2.30 bits per heavy atom. The molecule has 1 aromatic heterocycles. The second kappa shape index (κ2) is 6.45. The van der Waals surface area contributed by atoms with Crippen molar-refractivity contribution < 1.29 is 8.42 Å². The standard InChI is InChI=1S/C13H13Cl2NO2S2/c1-2-11(9-3-5-10(14)6-4-9)16-20(17,18)13-8-7-12(15)19-13/h3-8,11,16H,2H2,1H3/t11-/m0/s1. The summed E-state index contributed by atoms with van der Waals surface area (Å²) in [5.74, 6) is 0. The van der Waals surface area contributed by atoms with Crippen LogP contribution in [0.2, 0.25) is 9.36 Å². The molecule has 1 N–H and O–H groups in total. The highest BCUT2D eigenvalue weighted by atomic mass is 35.5.